The molecule has 2 aromatic carbocycles. The maximum atomic E-state index is 8.72. The zero-order chi connectivity index (χ0) is 14.7. The minimum absolute atomic E-state index is 0.0980. The first-order valence-corrected chi connectivity index (χ1v) is 6.35. The van der Waals surface area contributed by atoms with Gasteiger partial charge in [0.1, 0.15) is 11.5 Å². The van der Waals surface area contributed by atoms with E-state index in [9.17, 15) is 0 Å². The number of rotatable bonds is 3. The van der Waals surface area contributed by atoms with Gasteiger partial charge in [-0.2, -0.15) is 0 Å². The first-order chi connectivity index (χ1) is 9.51. The quantitative estimate of drug-likeness (QED) is 0.388. The van der Waals surface area contributed by atoms with Crippen LogP contribution in [0.5, 0.6) is 11.5 Å². The number of nitrogens with two attached hydrogens (primary N) is 1. The summed E-state index contributed by atoms with van der Waals surface area (Å²) in [5.74, 6) is 1.66. The molecular weight excluding hydrogens is 252 g/mol. The van der Waals surface area contributed by atoms with E-state index in [2.05, 4.69) is 11.2 Å². The second kappa shape index (κ2) is 5.65. The van der Waals surface area contributed by atoms with Gasteiger partial charge in [-0.25, -0.2) is 0 Å². The van der Waals surface area contributed by atoms with Crippen molar-refractivity contribution in [3.05, 3.63) is 58.7 Å². The fraction of sp³-hybridized carbons (Fsp3) is 0.188. The van der Waals surface area contributed by atoms with E-state index in [4.69, 9.17) is 15.7 Å². The molecule has 0 unspecified atom stereocenters. The first kappa shape index (κ1) is 13.9. The Balaban J connectivity index is 2.31. The highest BCUT2D eigenvalue weighted by atomic mass is 16.5. The number of nitrogens with zero attached hydrogens (tertiary/aromatic N) is 1. The van der Waals surface area contributed by atoms with Crippen LogP contribution in [0.4, 0.5) is 0 Å². The molecule has 4 heteroatoms. The van der Waals surface area contributed by atoms with Crippen molar-refractivity contribution >= 4 is 5.84 Å². The molecule has 2 aromatic rings. The largest absolute Gasteiger partial charge is 0.457 e. The standard InChI is InChI=1S/C16H18N2O2/c1-10-4-5-11(2)15(8-10)20-13-6-7-14(12(3)9-13)16(17)18-19/h4-9,19H,1-3H3,(H2,17,18). The van der Waals surface area contributed by atoms with Crippen LogP contribution in [0.3, 0.4) is 0 Å². The summed E-state index contributed by atoms with van der Waals surface area (Å²) in [6.07, 6.45) is 0. The van der Waals surface area contributed by atoms with Gasteiger partial charge < -0.3 is 15.7 Å². The molecule has 0 radical (unpaired) electrons. The van der Waals surface area contributed by atoms with Gasteiger partial charge in [0.15, 0.2) is 5.84 Å². The lowest BCUT2D eigenvalue weighted by Gasteiger charge is -2.11. The second-order valence-electron chi connectivity index (χ2n) is 4.83. The van der Waals surface area contributed by atoms with Crippen LogP contribution in [0.2, 0.25) is 0 Å². The lowest BCUT2D eigenvalue weighted by molar-refractivity contribution is 0.318. The molecule has 0 aromatic heterocycles. The Hall–Kier alpha value is -2.49. The van der Waals surface area contributed by atoms with E-state index in [0.717, 1.165) is 28.2 Å². The van der Waals surface area contributed by atoms with Crippen LogP contribution in [-0.4, -0.2) is 11.0 Å². The average molecular weight is 270 g/mol. The van der Waals surface area contributed by atoms with Crippen molar-refractivity contribution in [3.8, 4) is 11.5 Å². The summed E-state index contributed by atoms with van der Waals surface area (Å²) in [6.45, 7) is 5.93. The van der Waals surface area contributed by atoms with Gasteiger partial charge in [0.2, 0.25) is 0 Å². The van der Waals surface area contributed by atoms with Gasteiger partial charge in [-0.15, -0.1) is 0 Å². The number of hydrogen-bond donors (Lipinski definition) is 2. The van der Waals surface area contributed by atoms with E-state index in [1.165, 1.54) is 0 Å². The van der Waals surface area contributed by atoms with E-state index in [-0.39, 0.29) is 5.84 Å². The molecule has 104 valence electrons. The van der Waals surface area contributed by atoms with Gasteiger partial charge in [-0.05, 0) is 61.7 Å². The molecule has 0 aliphatic carbocycles. The smallest absolute Gasteiger partial charge is 0.170 e. The number of amidine groups is 1. The van der Waals surface area contributed by atoms with Crippen LogP contribution in [0.15, 0.2) is 41.6 Å². The summed E-state index contributed by atoms with van der Waals surface area (Å²) in [4.78, 5) is 0. The average Bonchev–Trinajstić information content (AvgIpc) is 2.42. The number of oxime groups is 1. The van der Waals surface area contributed by atoms with Gasteiger partial charge >= 0.3 is 0 Å². The number of ether oxygens (including phenoxy) is 1. The van der Waals surface area contributed by atoms with Gasteiger partial charge in [0, 0.05) is 5.56 Å². The predicted molar refractivity (Wildman–Crippen MR) is 79.7 cm³/mol. The van der Waals surface area contributed by atoms with E-state index >= 15 is 0 Å². The molecule has 0 bridgehead atoms. The molecule has 0 heterocycles. The molecule has 0 amide bonds. The molecule has 0 atom stereocenters. The van der Waals surface area contributed by atoms with E-state index in [1.54, 1.807) is 6.07 Å². The molecule has 20 heavy (non-hydrogen) atoms. The van der Waals surface area contributed by atoms with Gasteiger partial charge in [0.25, 0.3) is 0 Å². The van der Waals surface area contributed by atoms with Crippen molar-refractivity contribution in [2.45, 2.75) is 20.8 Å². The summed E-state index contributed by atoms with van der Waals surface area (Å²) in [6, 6.07) is 11.5. The van der Waals surface area contributed by atoms with Crippen LogP contribution in [0, 0.1) is 20.8 Å². The lowest BCUT2D eigenvalue weighted by atomic mass is 10.1. The van der Waals surface area contributed by atoms with Crippen LogP contribution < -0.4 is 10.5 Å². The zero-order valence-corrected chi connectivity index (χ0v) is 11.8. The summed E-state index contributed by atoms with van der Waals surface area (Å²) in [5.41, 5.74) is 9.41. The fourth-order valence-electron chi connectivity index (χ4n) is 1.99. The highest BCUT2D eigenvalue weighted by molar-refractivity contribution is 5.98. The minimum atomic E-state index is 0.0980. The molecule has 3 N–H and O–H groups in total. The van der Waals surface area contributed by atoms with Crippen LogP contribution in [-0.2, 0) is 0 Å². The van der Waals surface area contributed by atoms with Crippen molar-refractivity contribution < 1.29 is 9.94 Å². The van der Waals surface area contributed by atoms with Crippen molar-refractivity contribution in [1.82, 2.24) is 0 Å². The minimum Gasteiger partial charge on any atom is -0.457 e. The van der Waals surface area contributed by atoms with Crippen molar-refractivity contribution in [1.29, 1.82) is 0 Å². The third-order valence-corrected chi connectivity index (χ3v) is 3.15. The molecule has 0 saturated carbocycles. The van der Waals surface area contributed by atoms with Gasteiger partial charge in [0.05, 0.1) is 0 Å². The highest BCUT2D eigenvalue weighted by Crippen LogP contribution is 2.27. The summed E-state index contributed by atoms with van der Waals surface area (Å²) in [5, 5.41) is 11.7. The molecule has 0 aliphatic heterocycles. The summed E-state index contributed by atoms with van der Waals surface area (Å²) >= 11 is 0. The Kier molecular flexibility index (Phi) is 3.94. The Morgan fingerprint density at radius 1 is 1.05 bits per heavy atom. The van der Waals surface area contributed by atoms with E-state index in [1.807, 2.05) is 45.0 Å². The normalized spacial score (nSPS) is 11.4. The van der Waals surface area contributed by atoms with Crippen molar-refractivity contribution in [3.63, 3.8) is 0 Å². The second-order valence-corrected chi connectivity index (χ2v) is 4.83. The Labute approximate surface area is 118 Å². The first-order valence-electron chi connectivity index (χ1n) is 6.35. The highest BCUT2D eigenvalue weighted by Gasteiger charge is 2.07. The third-order valence-electron chi connectivity index (χ3n) is 3.15. The molecule has 4 nitrogen and oxygen atoms in total. The maximum absolute atomic E-state index is 8.72. The number of hydrogen-bond acceptors (Lipinski definition) is 3. The molecule has 0 aliphatic rings. The maximum Gasteiger partial charge on any atom is 0.170 e. The lowest BCUT2D eigenvalue weighted by Crippen LogP contribution is -2.14. The number of aryl methyl sites for hydroxylation is 3. The van der Waals surface area contributed by atoms with Crippen molar-refractivity contribution in [2.75, 3.05) is 0 Å². The SMILES string of the molecule is Cc1ccc(C)c(Oc2ccc(/C(N)=N/O)c(C)c2)c1. The van der Waals surface area contributed by atoms with Crippen LogP contribution >= 0.6 is 0 Å². The summed E-state index contributed by atoms with van der Waals surface area (Å²) in [7, 11) is 0. The monoisotopic (exact) mass is 270 g/mol. The Morgan fingerprint density at radius 3 is 2.45 bits per heavy atom. The molecule has 0 fully saturated rings. The zero-order valence-electron chi connectivity index (χ0n) is 11.8. The molecule has 0 saturated heterocycles. The van der Waals surface area contributed by atoms with Crippen LogP contribution in [0.25, 0.3) is 0 Å². The predicted octanol–water partition coefficient (Wildman–Crippen LogP) is 3.50. The van der Waals surface area contributed by atoms with E-state index in [0.29, 0.717) is 5.56 Å². The molecular formula is C16H18N2O2. The topological polar surface area (TPSA) is 67.8 Å². The Bertz CT molecular complexity index is 664. The van der Waals surface area contributed by atoms with Gasteiger partial charge in [-0.3, -0.25) is 0 Å². The van der Waals surface area contributed by atoms with E-state index < -0.39 is 0 Å². The Morgan fingerprint density at radius 2 is 1.80 bits per heavy atom. The third kappa shape index (κ3) is 2.91. The van der Waals surface area contributed by atoms with Crippen LogP contribution in [0.1, 0.15) is 22.3 Å². The molecule has 0 spiro atoms. The number of benzene rings is 2. The fourth-order valence-corrected chi connectivity index (χ4v) is 1.99. The van der Waals surface area contributed by atoms with Crippen molar-refractivity contribution in [2.24, 2.45) is 10.9 Å². The summed E-state index contributed by atoms with van der Waals surface area (Å²) < 4.78 is 5.90. The molecule has 2 rings (SSSR count). The van der Waals surface area contributed by atoms with Gasteiger partial charge in [-0.1, -0.05) is 17.3 Å².